The van der Waals surface area contributed by atoms with Crippen LogP contribution in [0.4, 0.5) is 5.82 Å². The summed E-state index contributed by atoms with van der Waals surface area (Å²) in [6, 6.07) is 1.45. The monoisotopic (exact) mass is 421 g/mol. The summed E-state index contributed by atoms with van der Waals surface area (Å²) in [4.78, 5) is 20.9. The number of hydrogen-bond acceptors (Lipinski definition) is 7. The van der Waals surface area contributed by atoms with E-state index < -0.39 is 6.04 Å². The fraction of sp³-hybridized carbons (Fsp3) is 0.600. The van der Waals surface area contributed by atoms with E-state index in [1.165, 1.54) is 0 Å². The van der Waals surface area contributed by atoms with Crippen LogP contribution in [0.3, 0.4) is 0 Å². The van der Waals surface area contributed by atoms with Crippen molar-refractivity contribution < 1.29 is 4.79 Å². The molecule has 0 radical (unpaired) electrons. The normalized spacial score (nSPS) is 16.0. The zero-order valence-corrected chi connectivity index (χ0v) is 17.5. The summed E-state index contributed by atoms with van der Waals surface area (Å²) in [5.74, 6) is 1.60. The van der Waals surface area contributed by atoms with Gasteiger partial charge in [-0.25, -0.2) is 4.98 Å². The molecule has 1 saturated heterocycles. The average molecular weight is 422 g/mol. The second kappa shape index (κ2) is 9.07. The molecule has 26 heavy (non-hydrogen) atoms. The van der Waals surface area contributed by atoms with Crippen LogP contribution < -0.4 is 10.6 Å². The number of thioether (sulfide) groups is 1. The molecule has 0 aromatic carbocycles. The van der Waals surface area contributed by atoms with Crippen molar-refractivity contribution >= 4 is 54.1 Å². The Hall–Kier alpha value is -1.29. The lowest BCUT2D eigenvalue weighted by Gasteiger charge is -2.39. The van der Waals surface area contributed by atoms with E-state index in [1.54, 1.807) is 24.3 Å². The Morgan fingerprint density at radius 1 is 1.27 bits per heavy atom. The van der Waals surface area contributed by atoms with Gasteiger partial charge in [0.2, 0.25) is 5.91 Å². The molecule has 1 aliphatic heterocycles. The summed E-state index contributed by atoms with van der Waals surface area (Å²) in [5, 5.41) is 7.87. The maximum atomic E-state index is 12.7. The number of carbonyl (C=O) groups is 1. The minimum atomic E-state index is -0.496. The molecule has 0 saturated carbocycles. The molecule has 11 heteroatoms. The average Bonchev–Trinajstić information content (AvgIpc) is 3.09. The summed E-state index contributed by atoms with van der Waals surface area (Å²) >= 11 is 1.62. The molecule has 1 fully saturated rings. The summed E-state index contributed by atoms with van der Waals surface area (Å²) < 4.78 is 1.59. The first-order valence-electron chi connectivity index (χ1n) is 7.93. The molecule has 0 aliphatic carbocycles. The van der Waals surface area contributed by atoms with Gasteiger partial charge in [0.25, 0.3) is 5.78 Å². The van der Waals surface area contributed by atoms with Crippen LogP contribution in [0.15, 0.2) is 18.6 Å². The van der Waals surface area contributed by atoms with Gasteiger partial charge in [-0.05, 0) is 26.2 Å². The van der Waals surface area contributed by atoms with E-state index in [0.717, 1.165) is 18.9 Å². The fourth-order valence-electron chi connectivity index (χ4n) is 2.76. The summed E-state index contributed by atoms with van der Waals surface area (Å²) in [6.45, 7) is 6.82. The summed E-state index contributed by atoms with van der Waals surface area (Å²) in [5.41, 5.74) is 6.19. The number of nitrogens with zero attached hydrogens (tertiary/aromatic N) is 6. The van der Waals surface area contributed by atoms with Crippen molar-refractivity contribution in [3.8, 4) is 0 Å². The van der Waals surface area contributed by atoms with E-state index in [-0.39, 0.29) is 35.5 Å². The molecule has 1 amide bonds. The number of halogens is 2. The van der Waals surface area contributed by atoms with Gasteiger partial charge in [-0.15, -0.1) is 35.0 Å². The van der Waals surface area contributed by atoms with Gasteiger partial charge < -0.3 is 15.5 Å². The Morgan fingerprint density at radius 2 is 1.92 bits per heavy atom. The van der Waals surface area contributed by atoms with Crippen molar-refractivity contribution in [2.75, 3.05) is 37.3 Å². The number of fused-ring (bicyclic) bond motifs is 1. The Morgan fingerprint density at radius 3 is 2.54 bits per heavy atom. The maximum absolute atomic E-state index is 12.7. The predicted octanol–water partition coefficient (Wildman–Crippen LogP) is 1.09. The topological polar surface area (TPSA) is 92.7 Å². The highest BCUT2D eigenvalue weighted by molar-refractivity contribution is 8.00. The van der Waals surface area contributed by atoms with Gasteiger partial charge >= 0.3 is 0 Å². The van der Waals surface area contributed by atoms with Crippen molar-refractivity contribution in [3.05, 3.63) is 18.6 Å². The second-order valence-corrected chi connectivity index (χ2v) is 7.86. The van der Waals surface area contributed by atoms with Crippen molar-refractivity contribution in [1.29, 1.82) is 0 Å². The van der Waals surface area contributed by atoms with Gasteiger partial charge in [0.1, 0.15) is 12.1 Å². The number of aromatic nitrogens is 4. The number of carbonyl (C=O) groups excluding carboxylic acids is 1. The second-order valence-electron chi connectivity index (χ2n) is 6.40. The fourth-order valence-corrected chi connectivity index (χ4v) is 3.12. The molecule has 1 atom stereocenters. The van der Waals surface area contributed by atoms with E-state index in [9.17, 15) is 4.79 Å². The molecule has 0 spiro atoms. The number of rotatable bonds is 4. The van der Waals surface area contributed by atoms with Crippen LogP contribution in [-0.2, 0) is 4.79 Å². The van der Waals surface area contributed by atoms with Crippen LogP contribution >= 0.6 is 36.6 Å². The summed E-state index contributed by atoms with van der Waals surface area (Å²) in [7, 11) is 0. The Bertz CT molecular complexity index is 734. The molecule has 2 aromatic rings. The Kier molecular flexibility index (Phi) is 7.94. The molecule has 0 unspecified atom stereocenters. The van der Waals surface area contributed by atoms with Crippen LogP contribution in [0.1, 0.15) is 13.8 Å². The number of nitrogens with two attached hydrogens (primary N) is 1. The van der Waals surface area contributed by atoms with Crippen molar-refractivity contribution in [1.82, 2.24) is 24.5 Å². The quantitative estimate of drug-likeness (QED) is 0.789. The number of amides is 1. The maximum Gasteiger partial charge on any atom is 0.256 e. The van der Waals surface area contributed by atoms with E-state index in [0.29, 0.717) is 18.9 Å². The Labute approximate surface area is 169 Å². The number of hydrogen-bond donors (Lipinski definition) is 1. The number of anilines is 1. The molecule has 2 N–H and O–H groups in total. The summed E-state index contributed by atoms with van der Waals surface area (Å²) in [6.07, 6.45) is 5.37. The molecule has 2 aromatic heterocycles. The van der Waals surface area contributed by atoms with Gasteiger partial charge in [0.15, 0.2) is 0 Å². The lowest BCUT2D eigenvalue weighted by molar-refractivity contribution is -0.133. The molecule has 146 valence electrons. The largest absolute Gasteiger partial charge is 0.354 e. The van der Waals surface area contributed by atoms with Gasteiger partial charge in [-0.3, -0.25) is 9.20 Å². The van der Waals surface area contributed by atoms with Crippen molar-refractivity contribution in [3.63, 3.8) is 0 Å². The molecular formula is C15H25Cl2N7OS. The highest BCUT2D eigenvalue weighted by Gasteiger charge is 2.35. The van der Waals surface area contributed by atoms with E-state index in [2.05, 4.69) is 20.1 Å². The Balaban J connectivity index is 0.00000169. The van der Waals surface area contributed by atoms with E-state index in [1.807, 2.05) is 35.5 Å². The predicted molar refractivity (Wildman–Crippen MR) is 110 cm³/mol. The van der Waals surface area contributed by atoms with Crippen LogP contribution in [0.25, 0.3) is 5.78 Å². The first-order chi connectivity index (χ1) is 11.4. The molecular weight excluding hydrogens is 397 g/mol. The molecule has 0 bridgehead atoms. The zero-order chi connectivity index (χ0) is 17.3. The van der Waals surface area contributed by atoms with Crippen LogP contribution in [-0.4, -0.2) is 73.6 Å². The van der Waals surface area contributed by atoms with Gasteiger partial charge in [0, 0.05) is 37.1 Å². The van der Waals surface area contributed by atoms with Crippen LogP contribution in [0.2, 0.25) is 0 Å². The minimum absolute atomic E-state index is 0. The highest BCUT2D eigenvalue weighted by atomic mass is 35.5. The third-order valence-electron chi connectivity index (χ3n) is 4.65. The van der Waals surface area contributed by atoms with Gasteiger partial charge in [-0.2, -0.15) is 11.8 Å². The molecule has 1 aliphatic rings. The van der Waals surface area contributed by atoms with Crippen molar-refractivity contribution in [2.24, 2.45) is 5.73 Å². The smallest absolute Gasteiger partial charge is 0.256 e. The first-order valence-corrected chi connectivity index (χ1v) is 9.16. The van der Waals surface area contributed by atoms with Crippen LogP contribution in [0, 0.1) is 0 Å². The molecule has 3 rings (SSSR count). The zero-order valence-electron chi connectivity index (χ0n) is 15.0. The lowest BCUT2D eigenvalue weighted by atomic mass is 10.0. The van der Waals surface area contributed by atoms with Gasteiger partial charge in [0.05, 0.1) is 6.04 Å². The SMILES string of the molecule is CSC(C)(C)[C@H](N)C(=O)N1CCN(c2ccnc3nncn23)CC1.Cl.Cl. The van der Waals surface area contributed by atoms with Gasteiger partial charge in [-0.1, -0.05) is 0 Å². The highest BCUT2D eigenvalue weighted by Crippen LogP contribution is 2.26. The standard InChI is InChI=1S/C15H23N7OS.2ClH/c1-15(2,24-3)12(16)13(23)21-8-6-20(7-9-21)11-4-5-17-14-19-18-10-22(11)14;;/h4-5,10,12H,6-9,16H2,1-3H3;2*1H/t12-;;/m1../s1. The van der Waals surface area contributed by atoms with E-state index >= 15 is 0 Å². The third kappa shape index (κ3) is 4.33. The minimum Gasteiger partial charge on any atom is -0.354 e. The lowest BCUT2D eigenvalue weighted by Crippen LogP contribution is -2.58. The van der Waals surface area contributed by atoms with Crippen molar-refractivity contribution in [2.45, 2.75) is 24.6 Å². The first kappa shape index (κ1) is 22.8. The van der Waals surface area contributed by atoms with Crippen LogP contribution in [0.5, 0.6) is 0 Å². The molecule has 8 nitrogen and oxygen atoms in total. The van der Waals surface area contributed by atoms with E-state index in [4.69, 9.17) is 5.73 Å². The third-order valence-corrected chi connectivity index (χ3v) is 5.95. The number of piperazine rings is 1. The molecule has 3 heterocycles.